The highest BCUT2D eigenvalue weighted by molar-refractivity contribution is 6.09. The van der Waals surface area contributed by atoms with Crippen LogP contribution in [0.5, 0.6) is 0 Å². The average molecular weight is 373 g/mol. The van der Waals surface area contributed by atoms with Gasteiger partial charge in [-0.25, -0.2) is 4.79 Å². The summed E-state index contributed by atoms with van der Waals surface area (Å²) in [5, 5.41) is 10.5. The van der Waals surface area contributed by atoms with Gasteiger partial charge in [-0.15, -0.1) is 0 Å². The van der Waals surface area contributed by atoms with Gasteiger partial charge in [0.1, 0.15) is 0 Å². The van der Waals surface area contributed by atoms with Gasteiger partial charge in [0.25, 0.3) is 0 Å². The van der Waals surface area contributed by atoms with Crippen LogP contribution in [0, 0.1) is 0 Å². The minimum atomic E-state index is -2.44. The third kappa shape index (κ3) is 9.90. The van der Waals surface area contributed by atoms with Crippen molar-refractivity contribution in [2.45, 2.75) is 97.0 Å². The summed E-state index contributed by atoms with van der Waals surface area (Å²) in [5.41, 5.74) is -2.44. The molecule has 0 bridgehead atoms. The maximum Gasteiger partial charge on any atom is 0.346 e. The molecule has 6 heteroatoms. The number of hydrogen-bond donors (Lipinski definition) is 1. The third-order valence-corrected chi connectivity index (χ3v) is 4.29. The van der Waals surface area contributed by atoms with Crippen LogP contribution in [0.3, 0.4) is 0 Å². The Balaban J connectivity index is 4.33. The normalized spacial score (nSPS) is 13.1. The number of carbonyl (C=O) groups is 3. The molecule has 0 amide bonds. The first-order valence-corrected chi connectivity index (χ1v) is 10.0. The van der Waals surface area contributed by atoms with Crippen LogP contribution in [0.4, 0.5) is 0 Å². The summed E-state index contributed by atoms with van der Waals surface area (Å²) in [6.07, 6.45) is 9.17. The largest absolute Gasteiger partial charge is 0.466 e. The third-order valence-electron chi connectivity index (χ3n) is 4.29. The SMILES string of the molecule is CCCCCCCCCCCC(=O)C(O)(CC(=O)OCC)C(=O)OCC. The van der Waals surface area contributed by atoms with Gasteiger partial charge in [-0.3, -0.25) is 9.59 Å². The molecule has 0 spiro atoms. The van der Waals surface area contributed by atoms with E-state index in [1.54, 1.807) is 13.8 Å². The van der Waals surface area contributed by atoms with Crippen LogP contribution >= 0.6 is 0 Å². The number of Topliss-reactive ketones (excluding diaryl/α,β-unsaturated/α-hetero) is 1. The van der Waals surface area contributed by atoms with Gasteiger partial charge in [-0.05, 0) is 20.3 Å². The monoisotopic (exact) mass is 372 g/mol. The fourth-order valence-electron chi connectivity index (χ4n) is 2.76. The molecule has 6 nitrogen and oxygen atoms in total. The summed E-state index contributed by atoms with van der Waals surface area (Å²) in [4.78, 5) is 36.0. The molecule has 0 aliphatic rings. The summed E-state index contributed by atoms with van der Waals surface area (Å²) in [6, 6.07) is 0. The van der Waals surface area contributed by atoms with E-state index >= 15 is 0 Å². The van der Waals surface area contributed by atoms with E-state index in [4.69, 9.17) is 9.47 Å². The lowest BCUT2D eigenvalue weighted by Crippen LogP contribution is -2.49. The van der Waals surface area contributed by atoms with Crippen molar-refractivity contribution in [3.63, 3.8) is 0 Å². The van der Waals surface area contributed by atoms with Crippen LogP contribution in [0.25, 0.3) is 0 Å². The predicted molar refractivity (Wildman–Crippen MR) is 99.7 cm³/mol. The van der Waals surface area contributed by atoms with Crippen LogP contribution in [0.15, 0.2) is 0 Å². The van der Waals surface area contributed by atoms with E-state index in [0.29, 0.717) is 6.42 Å². The van der Waals surface area contributed by atoms with Crippen LogP contribution in [-0.2, 0) is 23.9 Å². The Labute approximate surface area is 157 Å². The van der Waals surface area contributed by atoms with E-state index in [-0.39, 0.29) is 19.6 Å². The van der Waals surface area contributed by atoms with Gasteiger partial charge in [-0.1, -0.05) is 58.3 Å². The second-order valence-corrected chi connectivity index (χ2v) is 6.56. The Morgan fingerprint density at radius 3 is 1.77 bits per heavy atom. The number of ketones is 1. The number of ether oxygens (including phenoxy) is 2. The molecule has 26 heavy (non-hydrogen) atoms. The van der Waals surface area contributed by atoms with Crippen molar-refractivity contribution in [2.24, 2.45) is 0 Å². The second kappa shape index (κ2) is 14.7. The van der Waals surface area contributed by atoms with E-state index in [2.05, 4.69) is 6.92 Å². The Kier molecular flexibility index (Phi) is 13.9. The van der Waals surface area contributed by atoms with Crippen molar-refractivity contribution in [1.82, 2.24) is 0 Å². The number of rotatable bonds is 16. The first-order valence-electron chi connectivity index (χ1n) is 10.0. The van der Waals surface area contributed by atoms with Crippen molar-refractivity contribution < 1.29 is 29.0 Å². The van der Waals surface area contributed by atoms with Gasteiger partial charge in [-0.2, -0.15) is 0 Å². The highest BCUT2D eigenvalue weighted by Crippen LogP contribution is 2.20. The fraction of sp³-hybridized carbons (Fsp3) is 0.850. The zero-order chi connectivity index (χ0) is 19.8. The molecule has 0 aromatic carbocycles. The number of aliphatic hydroxyl groups is 1. The predicted octanol–water partition coefficient (Wildman–Crippen LogP) is 3.72. The fourth-order valence-corrected chi connectivity index (χ4v) is 2.76. The number of hydrogen-bond acceptors (Lipinski definition) is 6. The minimum Gasteiger partial charge on any atom is -0.466 e. The molecule has 0 aliphatic carbocycles. The van der Waals surface area contributed by atoms with Gasteiger partial charge in [0, 0.05) is 6.42 Å². The molecule has 0 heterocycles. The van der Waals surface area contributed by atoms with Crippen molar-refractivity contribution in [1.29, 1.82) is 0 Å². The number of unbranched alkanes of at least 4 members (excludes halogenated alkanes) is 8. The molecular formula is C20H36O6. The lowest BCUT2D eigenvalue weighted by atomic mass is 9.90. The number of carbonyl (C=O) groups excluding carboxylic acids is 3. The summed E-state index contributed by atoms with van der Waals surface area (Å²) in [5.74, 6) is -2.54. The molecule has 0 fully saturated rings. The smallest absolute Gasteiger partial charge is 0.346 e. The second-order valence-electron chi connectivity index (χ2n) is 6.56. The molecule has 1 unspecified atom stereocenters. The first kappa shape index (κ1) is 24.6. The van der Waals surface area contributed by atoms with Crippen molar-refractivity contribution in [3.05, 3.63) is 0 Å². The van der Waals surface area contributed by atoms with E-state index in [1.807, 2.05) is 0 Å². The lowest BCUT2D eigenvalue weighted by Gasteiger charge is -2.23. The highest BCUT2D eigenvalue weighted by Gasteiger charge is 2.46. The molecule has 0 aromatic heterocycles. The topological polar surface area (TPSA) is 89.9 Å². The molecular weight excluding hydrogens is 336 g/mol. The Morgan fingerprint density at radius 1 is 0.769 bits per heavy atom. The Morgan fingerprint density at radius 2 is 1.27 bits per heavy atom. The van der Waals surface area contributed by atoms with Gasteiger partial charge in [0.2, 0.25) is 5.60 Å². The van der Waals surface area contributed by atoms with Crippen LogP contribution in [0.1, 0.15) is 91.4 Å². The van der Waals surface area contributed by atoms with Crippen LogP contribution in [0.2, 0.25) is 0 Å². The van der Waals surface area contributed by atoms with Gasteiger partial charge >= 0.3 is 11.9 Å². The molecule has 0 aliphatic heterocycles. The quantitative estimate of drug-likeness (QED) is 0.252. The maximum atomic E-state index is 12.4. The molecule has 1 atom stereocenters. The Bertz CT molecular complexity index is 421. The van der Waals surface area contributed by atoms with Gasteiger partial charge in [0.05, 0.1) is 19.6 Å². The van der Waals surface area contributed by atoms with Crippen molar-refractivity contribution in [3.8, 4) is 0 Å². The molecule has 0 saturated heterocycles. The maximum absolute atomic E-state index is 12.4. The van der Waals surface area contributed by atoms with Crippen LogP contribution in [-0.4, -0.2) is 41.6 Å². The molecule has 0 radical (unpaired) electrons. The standard InChI is InChI=1S/C20H36O6/c1-4-7-8-9-10-11-12-13-14-15-17(21)20(24,19(23)26-6-3)16-18(22)25-5-2/h24H,4-16H2,1-3H3. The minimum absolute atomic E-state index is 0.0231. The van der Waals surface area contributed by atoms with E-state index < -0.39 is 29.7 Å². The summed E-state index contributed by atoms with van der Waals surface area (Å²) in [7, 11) is 0. The summed E-state index contributed by atoms with van der Waals surface area (Å²) < 4.78 is 9.54. The average Bonchev–Trinajstić information content (AvgIpc) is 2.60. The summed E-state index contributed by atoms with van der Waals surface area (Å²) in [6.45, 7) is 5.52. The van der Waals surface area contributed by atoms with Gasteiger partial charge < -0.3 is 14.6 Å². The highest BCUT2D eigenvalue weighted by atomic mass is 16.6. The van der Waals surface area contributed by atoms with Crippen molar-refractivity contribution >= 4 is 17.7 Å². The van der Waals surface area contributed by atoms with Gasteiger partial charge in [0.15, 0.2) is 5.78 Å². The number of esters is 2. The molecule has 0 saturated carbocycles. The molecule has 0 rings (SSSR count). The van der Waals surface area contributed by atoms with E-state index in [9.17, 15) is 19.5 Å². The Hall–Kier alpha value is -1.43. The molecule has 152 valence electrons. The first-order chi connectivity index (χ1) is 12.4. The molecule has 0 aromatic rings. The summed E-state index contributed by atoms with van der Waals surface area (Å²) >= 11 is 0. The molecule has 1 N–H and O–H groups in total. The zero-order valence-corrected chi connectivity index (χ0v) is 16.7. The lowest BCUT2D eigenvalue weighted by molar-refractivity contribution is -0.176. The van der Waals surface area contributed by atoms with E-state index in [1.165, 1.54) is 32.1 Å². The van der Waals surface area contributed by atoms with E-state index in [0.717, 1.165) is 19.3 Å². The van der Waals surface area contributed by atoms with Crippen molar-refractivity contribution in [2.75, 3.05) is 13.2 Å². The van der Waals surface area contributed by atoms with Crippen LogP contribution < -0.4 is 0 Å². The zero-order valence-electron chi connectivity index (χ0n) is 16.7.